The monoisotopic (exact) mass is 538 g/mol. The maximum absolute atomic E-state index is 5.97. The zero-order valence-electron chi connectivity index (χ0n) is 23.2. The Morgan fingerprint density at radius 2 is 0.476 bits per heavy atom. The van der Waals surface area contributed by atoms with Crippen LogP contribution in [0, 0.1) is 0 Å². The van der Waals surface area contributed by atoms with Gasteiger partial charge in [0.25, 0.3) is 0 Å². The molecule has 200 valence electrons. The lowest BCUT2D eigenvalue weighted by atomic mass is 9.61. The van der Waals surface area contributed by atoms with Crippen LogP contribution >= 0.6 is 0 Å². The maximum Gasteiger partial charge on any atom is 0.145 e. The van der Waals surface area contributed by atoms with E-state index < -0.39 is 11.1 Å². The molecular formula is C40H30N2. The maximum atomic E-state index is 5.97. The number of nitrogens with zero attached hydrogens (tertiary/aromatic N) is 2. The van der Waals surface area contributed by atoms with Gasteiger partial charge in [0.05, 0.1) is 11.4 Å². The lowest BCUT2D eigenvalue weighted by molar-refractivity contribution is 0.326. The molecule has 0 unspecified atom stereocenters. The number of hydrogen-bond donors (Lipinski definition) is 0. The summed E-state index contributed by atoms with van der Waals surface area (Å²) in [5.74, 6) is 0. The average molecular weight is 539 g/mol. The molecular weight excluding hydrogens is 508 g/mol. The van der Waals surface area contributed by atoms with E-state index in [1.54, 1.807) is 0 Å². The minimum absolute atomic E-state index is 0.872. The predicted octanol–water partition coefficient (Wildman–Crippen LogP) is 8.87. The number of rotatable bonds is 6. The molecule has 0 aliphatic carbocycles. The van der Waals surface area contributed by atoms with Crippen LogP contribution in [0.1, 0.15) is 33.4 Å². The lowest BCUT2D eigenvalue weighted by Crippen LogP contribution is -2.53. The van der Waals surface area contributed by atoms with Crippen molar-refractivity contribution in [1.82, 2.24) is 0 Å². The highest BCUT2D eigenvalue weighted by molar-refractivity contribution is 6.54. The number of hydrogen-bond acceptors (Lipinski definition) is 2. The first-order valence-corrected chi connectivity index (χ1v) is 14.4. The summed E-state index contributed by atoms with van der Waals surface area (Å²) in [6.45, 7) is 0. The van der Waals surface area contributed by atoms with Crippen molar-refractivity contribution >= 4 is 11.4 Å². The van der Waals surface area contributed by atoms with Crippen molar-refractivity contribution in [2.75, 3.05) is 0 Å². The van der Waals surface area contributed by atoms with Crippen LogP contribution in [0.25, 0.3) is 0 Å². The van der Waals surface area contributed by atoms with Crippen molar-refractivity contribution in [3.63, 3.8) is 0 Å². The Balaban J connectivity index is 1.72. The van der Waals surface area contributed by atoms with E-state index in [-0.39, 0.29) is 0 Å². The Kier molecular flexibility index (Phi) is 6.65. The summed E-state index contributed by atoms with van der Waals surface area (Å²) >= 11 is 0. The van der Waals surface area contributed by atoms with Crippen molar-refractivity contribution < 1.29 is 0 Å². The van der Waals surface area contributed by atoms with Gasteiger partial charge in [0, 0.05) is 11.1 Å². The lowest BCUT2D eigenvalue weighted by Gasteiger charge is -2.50. The Morgan fingerprint density at radius 1 is 0.262 bits per heavy atom. The standard InChI is InChI=1S/C40H30N2/c1-7-19-31(20-8-1)37-38(32-21-9-2-10-22-32)42-40(35-27-15-5-16-28-35,36-29-17-6-18-30-36)39(41-37,33-23-11-3-12-24-33)34-25-13-4-14-26-34/h1-30H. The van der Waals surface area contributed by atoms with Crippen LogP contribution in [-0.4, -0.2) is 11.4 Å². The number of aliphatic imine (C=N–C) groups is 2. The Hall–Kier alpha value is -5.34. The molecule has 2 nitrogen and oxygen atoms in total. The molecule has 0 saturated heterocycles. The third-order valence-electron chi connectivity index (χ3n) is 8.17. The van der Waals surface area contributed by atoms with Gasteiger partial charge in [-0.3, -0.25) is 9.98 Å². The third kappa shape index (κ3) is 4.12. The fourth-order valence-corrected chi connectivity index (χ4v) is 6.34. The molecule has 0 radical (unpaired) electrons. The quantitative estimate of drug-likeness (QED) is 0.202. The highest BCUT2D eigenvalue weighted by Crippen LogP contribution is 2.57. The zero-order chi connectivity index (χ0) is 28.2. The molecule has 0 N–H and O–H groups in total. The largest absolute Gasteiger partial charge is 0.263 e. The summed E-state index contributed by atoms with van der Waals surface area (Å²) in [5, 5.41) is 0. The predicted molar refractivity (Wildman–Crippen MR) is 173 cm³/mol. The van der Waals surface area contributed by atoms with Crippen LogP contribution in [0.15, 0.2) is 192 Å². The average Bonchev–Trinajstić information content (AvgIpc) is 3.10. The normalized spacial score (nSPS) is 15.3. The smallest absolute Gasteiger partial charge is 0.145 e. The van der Waals surface area contributed by atoms with E-state index in [1.165, 1.54) is 0 Å². The van der Waals surface area contributed by atoms with Gasteiger partial charge in [0.2, 0.25) is 0 Å². The summed E-state index contributed by atoms with van der Waals surface area (Å²) < 4.78 is 0. The van der Waals surface area contributed by atoms with Gasteiger partial charge in [-0.1, -0.05) is 182 Å². The van der Waals surface area contributed by atoms with Crippen LogP contribution in [0.4, 0.5) is 0 Å². The SMILES string of the molecule is c1ccc(C2=NC(c3ccccc3)(c3ccccc3)C(c3ccccc3)(c3ccccc3)N=C2c2ccccc2)cc1. The minimum Gasteiger partial charge on any atom is -0.263 e. The highest BCUT2D eigenvalue weighted by atomic mass is 15.1. The van der Waals surface area contributed by atoms with E-state index in [9.17, 15) is 0 Å². The molecule has 2 heteroatoms. The van der Waals surface area contributed by atoms with E-state index >= 15 is 0 Å². The van der Waals surface area contributed by atoms with Gasteiger partial charge >= 0.3 is 0 Å². The van der Waals surface area contributed by atoms with Crippen LogP contribution in [0.2, 0.25) is 0 Å². The highest BCUT2D eigenvalue weighted by Gasteiger charge is 2.59. The minimum atomic E-state index is -0.929. The topological polar surface area (TPSA) is 24.7 Å². The summed E-state index contributed by atoms with van der Waals surface area (Å²) in [6, 6.07) is 63.6. The molecule has 1 heterocycles. The van der Waals surface area contributed by atoms with Gasteiger partial charge in [0.15, 0.2) is 0 Å². The summed E-state index contributed by atoms with van der Waals surface area (Å²) in [4.78, 5) is 11.9. The number of benzene rings is 6. The van der Waals surface area contributed by atoms with Gasteiger partial charge < -0.3 is 0 Å². The zero-order valence-corrected chi connectivity index (χ0v) is 23.2. The molecule has 0 fully saturated rings. The van der Waals surface area contributed by atoms with Crippen LogP contribution in [0.3, 0.4) is 0 Å². The van der Waals surface area contributed by atoms with E-state index in [2.05, 4.69) is 170 Å². The molecule has 6 aromatic carbocycles. The van der Waals surface area contributed by atoms with Gasteiger partial charge in [-0.2, -0.15) is 0 Å². The van der Waals surface area contributed by atoms with Gasteiger partial charge in [0.1, 0.15) is 11.1 Å². The second-order valence-corrected chi connectivity index (χ2v) is 10.5. The van der Waals surface area contributed by atoms with Gasteiger partial charge in [-0.25, -0.2) is 0 Å². The Morgan fingerprint density at radius 3 is 0.714 bits per heavy atom. The summed E-state index contributed by atoms with van der Waals surface area (Å²) in [7, 11) is 0. The Bertz CT molecular complexity index is 1610. The third-order valence-corrected chi connectivity index (χ3v) is 8.17. The molecule has 0 aromatic heterocycles. The van der Waals surface area contributed by atoms with Crippen LogP contribution in [-0.2, 0) is 11.1 Å². The fourth-order valence-electron chi connectivity index (χ4n) is 6.34. The van der Waals surface area contributed by atoms with Crippen LogP contribution in [0.5, 0.6) is 0 Å². The molecule has 1 aliphatic heterocycles. The van der Waals surface area contributed by atoms with Crippen molar-refractivity contribution in [3.8, 4) is 0 Å². The molecule has 6 aromatic rings. The van der Waals surface area contributed by atoms with Gasteiger partial charge in [-0.05, 0) is 22.3 Å². The molecule has 42 heavy (non-hydrogen) atoms. The molecule has 0 saturated carbocycles. The Labute approximate surface area is 247 Å². The second kappa shape index (κ2) is 10.9. The molecule has 0 bridgehead atoms. The fraction of sp³-hybridized carbons (Fsp3) is 0.0500. The van der Waals surface area contributed by atoms with Crippen molar-refractivity contribution in [2.24, 2.45) is 9.98 Å². The molecule has 0 spiro atoms. The van der Waals surface area contributed by atoms with Crippen molar-refractivity contribution in [2.45, 2.75) is 11.1 Å². The molecule has 0 amide bonds. The van der Waals surface area contributed by atoms with E-state index in [0.29, 0.717) is 0 Å². The van der Waals surface area contributed by atoms with E-state index in [0.717, 1.165) is 44.8 Å². The first-order chi connectivity index (χ1) is 20.8. The first-order valence-electron chi connectivity index (χ1n) is 14.4. The van der Waals surface area contributed by atoms with Crippen LogP contribution < -0.4 is 0 Å². The van der Waals surface area contributed by atoms with Crippen molar-refractivity contribution in [1.29, 1.82) is 0 Å². The second-order valence-electron chi connectivity index (χ2n) is 10.5. The molecule has 7 rings (SSSR count). The van der Waals surface area contributed by atoms with E-state index in [4.69, 9.17) is 9.98 Å². The van der Waals surface area contributed by atoms with Gasteiger partial charge in [-0.15, -0.1) is 0 Å². The molecule has 1 aliphatic rings. The molecule has 0 atom stereocenters. The summed E-state index contributed by atoms with van der Waals surface area (Å²) in [5.41, 5.74) is 6.26. The van der Waals surface area contributed by atoms with Crippen molar-refractivity contribution in [3.05, 3.63) is 215 Å². The first kappa shape index (κ1) is 25.6. The summed E-state index contributed by atoms with van der Waals surface area (Å²) in [6.07, 6.45) is 0. The van der Waals surface area contributed by atoms with E-state index in [1.807, 2.05) is 12.1 Å².